The minimum absolute atomic E-state index is 0.0539. The Bertz CT molecular complexity index is 294. The first kappa shape index (κ1) is 9.26. The van der Waals surface area contributed by atoms with Crippen molar-refractivity contribution in [3.63, 3.8) is 0 Å². The number of thiophene rings is 1. The second-order valence-electron chi connectivity index (χ2n) is 3.75. The molecule has 1 rings (SSSR count). The molecule has 66 valence electrons. The number of carboxylic acids is 1. The Kier molecular flexibility index (Phi) is 2.24. The zero-order valence-electron chi connectivity index (χ0n) is 7.42. The summed E-state index contributed by atoms with van der Waals surface area (Å²) in [4.78, 5) is 11.7. The molecule has 2 nitrogen and oxygen atoms in total. The first-order valence-electron chi connectivity index (χ1n) is 3.73. The summed E-state index contributed by atoms with van der Waals surface area (Å²) >= 11 is 1.50. The number of carboxylic acid groups (broad SMARTS) is 1. The van der Waals surface area contributed by atoms with Crippen molar-refractivity contribution in [1.29, 1.82) is 0 Å². The van der Waals surface area contributed by atoms with E-state index < -0.39 is 5.97 Å². The van der Waals surface area contributed by atoms with Crippen molar-refractivity contribution in [2.24, 2.45) is 0 Å². The van der Waals surface area contributed by atoms with E-state index in [-0.39, 0.29) is 5.41 Å². The fraction of sp³-hybridized carbons (Fsp3) is 0.444. The number of rotatable bonds is 1. The Morgan fingerprint density at radius 2 is 2.08 bits per heavy atom. The molecule has 3 heteroatoms. The van der Waals surface area contributed by atoms with Gasteiger partial charge in [0.15, 0.2) is 0 Å². The van der Waals surface area contributed by atoms with E-state index in [9.17, 15) is 4.79 Å². The normalized spacial score (nSPS) is 11.6. The summed E-state index contributed by atoms with van der Waals surface area (Å²) in [5.74, 6) is -0.846. The average Bonchev–Trinajstić information content (AvgIpc) is 2.30. The summed E-state index contributed by atoms with van der Waals surface area (Å²) in [6.07, 6.45) is 0. The molecule has 1 N–H and O–H groups in total. The molecule has 1 heterocycles. The van der Waals surface area contributed by atoms with Gasteiger partial charge in [0.25, 0.3) is 0 Å². The maximum atomic E-state index is 10.5. The van der Waals surface area contributed by atoms with Crippen molar-refractivity contribution in [3.8, 4) is 0 Å². The summed E-state index contributed by atoms with van der Waals surface area (Å²) < 4.78 is 0. The lowest BCUT2D eigenvalue weighted by Gasteiger charge is -2.14. The van der Waals surface area contributed by atoms with E-state index in [4.69, 9.17) is 5.11 Å². The van der Waals surface area contributed by atoms with Gasteiger partial charge in [-0.1, -0.05) is 20.8 Å². The van der Waals surface area contributed by atoms with Crippen LogP contribution in [0.15, 0.2) is 11.4 Å². The van der Waals surface area contributed by atoms with Gasteiger partial charge in [-0.3, -0.25) is 0 Å². The van der Waals surface area contributed by atoms with E-state index in [1.807, 2.05) is 0 Å². The van der Waals surface area contributed by atoms with Gasteiger partial charge in [0.05, 0.1) is 5.56 Å². The summed E-state index contributed by atoms with van der Waals surface area (Å²) in [5, 5.41) is 10.4. The van der Waals surface area contributed by atoms with Crippen molar-refractivity contribution >= 4 is 17.3 Å². The fourth-order valence-electron chi connectivity index (χ4n) is 0.842. The number of carbonyl (C=O) groups is 1. The first-order chi connectivity index (χ1) is 5.41. The average molecular weight is 184 g/mol. The highest BCUT2D eigenvalue weighted by molar-refractivity contribution is 7.10. The molecule has 0 unspecified atom stereocenters. The van der Waals surface area contributed by atoms with Crippen LogP contribution < -0.4 is 0 Å². The lowest BCUT2D eigenvalue weighted by molar-refractivity contribution is 0.0697. The lowest BCUT2D eigenvalue weighted by atomic mass is 9.94. The summed E-state index contributed by atoms with van der Waals surface area (Å²) in [7, 11) is 0. The van der Waals surface area contributed by atoms with Gasteiger partial charge in [0, 0.05) is 10.3 Å². The van der Waals surface area contributed by atoms with Crippen LogP contribution >= 0.6 is 11.3 Å². The number of hydrogen-bond acceptors (Lipinski definition) is 2. The number of aromatic carboxylic acids is 1. The topological polar surface area (TPSA) is 37.3 Å². The Morgan fingerprint density at radius 1 is 1.50 bits per heavy atom. The molecule has 0 fully saturated rings. The quantitative estimate of drug-likeness (QED) is 0.728. The molecule has 0 radical (unpaired) electrons. The monoisotopic (exact) mass is 184 g/mol. The highest BCUT2D eigenvalue weighted by Crippen LogP contribution is 2.28. The maximum absolute atomic E-state index is 10.5. The maximum Gasteiger partial charge on any atom is 0.336 e. The van der Waals surface area contributed by atoms with Crippen molar-refractivity contribution in [2.75, 3.05) is 0 Å². The first-order valence-corrected chi connectivity index (χ1v) is 4.61. The number of hydrogen-bond donors (Lipinski definition) is 1. The van der Waals surface area contributed by atoms with Crippen molar-refractivity contribution in [1.82, 2.24) is 0 Å². The van der Waals surface area contributed by atoms with Gasteiger partial charge in [-0.15, -0.1) is 11.3 Å². The third-order valence-electron chi connectivity index (χ3n) is 1.59. The Morgan fingerprint density at radius 3 is 2.33 bits per heavy atom. The predicted octanol–water partition coefficient (Wildman–Crippen LogP) is 2.74. The summed E-state index contributed by atoms with van der Waals surface area (Å²) in [5.41, 5.74) is 0.447. The zero-order valence-corrected chi connectivity index (χ0v) is 8.23. The molecule has 0 amide bonds. The van der Waals surface area contributed by atoms with Crippen LogP contribution in [0.25, 0.3) is 0 Å². The molecule has 0 aliphatic carbocycles. The molecule has 0 spiro atoms. The van der Waals surface area contributed by atoms with E-state index in [1.54, 1.807) is 11.4 Å². The van der Waals surface area contributed by atoms with E-state index >= 15 is 0 Å². The molecular formula is C9H12O2S. The van der Waals surface area contributed by atoms with Gasteiger partial charge in [-0.05, 0) is 11.5 Å². The fourth-order valence-corrected chi connectivity index (χ4v) is 1.81. The van der Waals surface area contributed by atoms with Crippen molar-refractivity contribution < 1.29 is 9.90 Å². The van der Waals surface area contributed by atoms with Crippen LogP contribution in [-0.2, 0) is 5.41 Å². The molecule has 0 saturated carbocycles. The summed E-state index contributed by atoms with van der Waals surface area (Å²) in [6.45, 7) is 6.22. The van der Waals surface area contributed by atoms with Crippen LogP contribution in [0.1, 0.15) is 36.0 Å². The highest BCUT2D eigenvalue weighted by atomic mass is 32.1. The third-order valence-corrected chi connectivity index (χ3v) is 2.94. The van der Waals surface area contributed by atoms with Crippen LogP contribution in [0.3, 0.4) is 0 Å². The smallest absolute Gasteiger partial charge is 0.336 e. The van der Waals surface area contributed by atoms with Crippen LogP contribution in [0.5, 0.6) is 0 Å². The standard InChI is InChI=1S/C9H12O2S/c1-9(2,3)7-4-6(5-12-7)8(10)11/h4-5H,1-3H3,(H,10,11). The second kappa shape index (κ2) is 2.90. The Hall–Kier alpha value is -0.830. The van der Waals surface area contributed by atoms with Gasteiger partial charge in [0.2, 0.25) is 0 Å². The minimum Gasteiger partial charge on any atom is -0.478 e. The molecule has 1 aromatic heterocycles. The van der Waals surface area contributed by atoms with E-state index in [1.165, 1.54) is 11.3 Å². The van der Waals surface area contributed by atoms with Crippen LogP contribution in [0.2, 0.25) is 0 Å². The summed E-state index contributed by atoms with van der Waals surface area (Å²) in [6, 6.07) is 1.74. The molecule has 0 aliphatic heterocycles. The second-order valence-corrected chi connectivity index (χ2v) is 4.67. The molecule has 0 bridgehead atoms. The van der Waals surface area contributed by atoms with Gasteiger partial charge < -0.3 is 5.11 Å². The molecule has 0 saturated heterocycles. The van der Waals surface area contributed by atoms with Gasteiger partial charge in [0.1, 0.15) is 0 Å². The molecule has 1 aromatic rings. The Labute approximate surface area is 75.9 Å². The zero-order chi connectivity index (χ0) is 9.35. The largest absolute Gasteiger partial charge is 0.478 e. The van der Waals surface area contributed by atoms with Crippen molar-refractivity contribution in [2.45, 2.75) is 26.2 Å². The van der Waals surface area contributed by atoms with Crippen LogP contribution in [0, 0.1) is 0 Å². The minimum atomic E-state index is -0.846. The predicted molar refractivity (Wildman–Crippen MR) is 50.0 cm³/mol. The molecule has 0 aromatic carbocycles. The van der Waals surface area contributed by atoms with Gasteiger partial charge in [-0.25, -0.2) is 4.79 Å². The molecular weight excluding hydrogens is 172 g/mol. The van der Waals surface area contributed by atoms with Gasteiger partial charge in [-0.2, -0.15) is 0 Å². The molecule has 0 aliphatic rings. The van der Waals surface area contributed by atoms with E-state index in [0.29, 0.717) is 5.56 Å². The third kappa shape index (κ3) is 1.85. The lowest BCUT2D eigenvalue weighted by Crippen LogP contribution is -2.08. The van der Waals surface area contributed by atoms with E-state index in [0.717, 1.165) is 4.88 Å². The van der Waals surface area contributed by atoms with Crippen LogP contribution in [-0.4, -0.2) is 11.1 Å². The van der Waals surface area contributed by atoms with Crippen LogP contribution in [0.4, 0.5) is 0 Å². The van der Waals surface area contributed by atoms with Crippen molar-refractivity contribution in [3.05, 3.63) is 21.9 Å². The highest BCUT2D eigenvalue weighted by Gasteiger charge is 2.17. The molecule has 12 heavy (non-hydrogen) atoms. The Balaban J connectivity index is 3.00. The molecule has 0 atom stereocenters. The SMILES string of the molecule is CC(C)(C)c1cc(C(=O)O)cs1. The van der Waals surface area contributed by atoms with Gasteiger partial charge >= 0.3 is 5.97 Å². The van der Waals surface area contributed by atoms with E-state index in [2.05, 4.69) is 20.8 Å².